The Kier molecular flexibility index (Phi) is 2.22. The lowest BCUT2D eigenvalue weighted by Crippen LogP contribution is -2.12. The summed E-state index contributed by atoms with van der Waals surface area (Å²) in [6.07, 6.45) is 0.657. The quantitative estimate of drug-likeness (QED) is 0.679. The number of hydrogen-bond donors (Lipinski definition) is 0. The third kappa shape index (κ3) is 1.60. The molecule has 0 bridgehead atoms. The topological polar surface area (TPSA) is 17.1 Å². The van der Waals surface area contributed by atoms with E-state index in [0.29, 0.717) is 18.1 Å². The van der Waals surface area contributed by atoms with Gasteiger partial charge in [0.15, 0.2) is 5.78 Å². The number of carbonyl (C=O) groups is 1. The van der Waals surface area contributed by atoms with Crippen LogP contribution in [0.15, 0.2) is 18.2 Å². The van der Waals surface area contributed by atoms with Crippen LogP contribution in [0.5, 0.6) is 0 Å². The average molecular weight is 202 g/mol. The fourth-order valence-electron chi connectivity index (χ4n) is 2.33. The number of Topliss-reactive ketones (excluding diaryl/α,β-unsaturated/α-hetero) is 1. The number of benzene rings is 1. The maximum Gasteiger partial charge on any atom is 0.164 e. The van der Waals surface area contributed by atoms with Crippen molar-refractivity contribution in [2.75, 3.05) is 0 Å². The van der Waals surface area contributed by atoms with Gasteiger partial charge in [-0.15, -0.1) is 0 Å². The molecule has 0 N–H and O–H groups in total. The summed E-state index contributed by atoms with van der Waals surface area (Å²) in [6, 6.07) is 6.37. The maximum absolute atomic E-state index is 11.9. The molecule has 0 aliphatic heterocycles. The highest BCUT2D eigenvalue weighted by Gasteiger charge is 2.35. The summed E-state index contributed by atoms with van der Waals surface area (Å²) in [4.78, 5) is 11.9. The van der Waals surface area contributed by atoms with Gasteiger partial charge in [0.25, 0.3) is 0 Å². The zero-order valence-corrected chi connectivity index (χ0v) is 9.92. The van der Waals surface area contributed by atoms with Gasteiger partial charge in [-0.25, -0.2) is 0 Å². The van der Waals surface area contributed by atoms with Crippen molar-refractivity contribution >= 4 is 5.78 Å². The standard InChI is InChI=1S/C14H18O/c1-9(2)10-5-6-12-11(7-10)13(15)8-14(12,3)4/h5-7,9H,8H2,1-4H3. The second kappa shape index (κ2) is 3.19. The number of fused-ring (bicyclic) bond motifs is 1. The molecule has 0 heterocycles. The van der Waals surface area contributed by atoms with Gasteiger partial charge in [-0.3, -0.25) is 4.79 Å². The second-order valence-electron chi connectivity index (χ2n) is 5.44. The first-order chi connectivity index (χ1) is 6.92. The van der Waals surface area contributed by atoms with Gasteiger partial charge in [0, 0.05) is 12.0 Å². The predicted molar refractivity (Wildman–Crippen MR) is 62.5 cm³/mol. The Labute approximate surface area is 91.5 Å². The molecule has 1 aromatic carbocycles. The van der Waals surface area contributed by atoms with Crippen LogP contribution in [0.2, 0.25) is 0 Å². The van der Waals surface area contributed by atoms with Crippen LogP contribution in [-0.4, -0.2) is 5.78 Å². The van der Waals surface area contributed by atoms with Crippen molar-refractivity contribution in [1.82, 2.24) is 0 Å². The van der Waals surface area contributed by atoms with Crippen LogP contribution in [0.1, 0.15) is 61.5 Å². The van der Waals surface area contributed by atoms with E-state index in [4.69, 9.17) is 0 Å². The zero-order valence-electron chi connectivity index (χ0n) is 9.92. The van der Waals surface area contributed by atoms with Crippen LogP contribution in [0.25, 0.3) is 0 Å². The van der Waals surface area contributed by atoms with Gasteiger partial charge in [0.1, 0.15) is 0 Å². The Morgan fingerprint density at radius 3 is 2.53 bits per heavy atom. The average Bonchev–Trinajstić information content (AvgIpc) is 2.37. The smallest absolute Gasteiger partial charge is 0.164 e. The minimum Gasteiger partial charge on any atom is -0.294 e. The first-order valence-electron chi connectivity index (χ1n) is 5.59. The van der Waals surface area contributed by atoms with Crippen LogP contribution in [0.4, 0.5) is 0 Å². The number of ketones is 1. The fourth-order valence-corrected chi connectivity index (χ4v) is 2.33. The van der Waals surface area contributed by atoms with Gasteiger partial charge < -0.3 is 0 Å². The largest absolute Gasteiger partial charge is 0.294 e. The molecular formula is C14H18O. The SMILES string of the molecule is CC(C)c1ccc2c(c1)C(=O)CC2(C)C. The first kappa shape index (κ1) is 10.4. The van der Waals surface area contributed by atoms with E-state index in [-0.39, 0.29) is 5.41 Å². The molecule has 0 amide bonds. The van der Waals surface area contributed by atoms with Gasteiger partial charge in [0.2, 0.25) is 0 Å². The van der Waals surface area contributed by atoms with E-state index in [2.05, 4.69) is 45.9 Å². The van der Waals surface area contributed by atoms with Crippen LogP contribution in [0, 0.1) is 0 Å². The van der Waals surface area contributed by atoms with Crippen molar-refractivity contribution in [3.63, 3.8) is 0 Å². The molecule has 0 spiro atoms. The van der Waals surface area contributed by atoms with E-state index in [0.717, 1.165) is 5.56 Å². The lowest BCUT2D eigenvalue weighted by molar-refractivity contribution is 0.0979. The highest BCUT2D eigenvalue weighted by molar-refractivity contribution is 6.02. The molecule has 2 rings (SSSR count). The molecule has 0 atom stereocenters. The summed E-state index contributed by atoms with van der Waals surface area (Å²) < 4.78 is 0. The molecule has 1 heteroatoms. The summed E-state index contributed by atoms with van der Waals surface area (Å²) >= 11 is 0. The van der Waals surface area contributed by atoms with Crippen molar-refractivity contribution in [3.8, 4) is 0 Å². The molecule has 0 saturated carbocycles. The normalized spacial score (nSPS) is 18.3. The van der Waals surface area contributed by atoms with Crippen molar-refractivity contribution in [3.05, 3.63) is 34.9 Å². The summed E-state index contributed by atoms with van der Waals surface area (Å²) in [5.74, 6) is 0.796. The lowest BCUT2D eigenvalue weighted by Gasteiger charge is -2.18. The summed E-state index contributed by atoms with van der Waals surface area (Å²) in [6.45, 7) is 8.61. The molecule has 0 fully saturated rings. The summed E-state index contributed by atoms with van der Waals surface area (Å²) in [7, 11) is 0. The number of carbonyl (C=O) groups excluding carboxylic acids is 1. The Morgan fingerprint density at radius 2 is 1.93 bits per heavy atom. The van der Waals surface area contributed by atoms with E-state index < -0.39 is 0 Å². The molecule has 1 aliphatic rings. The Bertz CT molecular complexity index is 413. The Balaban J connectivity index is 2.56. The molecule has 80 valence electrons. The van der Waals surface area contributed by atoms with E-state index in [9.17, 15) is 4.79 Å². The Morgan fingerprint density at radius 1 is 1.27 bits per heavy atom. The van der Waals surface area contributed by atoms with Gasteiger partial charge >= 0.3 is 0 Å². The highest BCUT2D eigenvalue weighted by Crippen LogP contribution is 2.39. The van der Waals surface area contributed by atoms with E-state index in [1.807, 2.05) is 0 Å². The molecule has 1 nitrogen and oxygen atoms in total. The van der Waals surface area contributed by atoms with Crippen LogP contribution in [-0.2, 0) is 5.41 Å². The van der Waals surface area contributed by atoms with Crippen LogP contribution >= 0.6 is 0 Å². The minimum absolute atomic E-state index is 0.0297. The zero-order chi connectivity index (χ0) is 11.2. The van der Waals surface area contributed by atoms with Crippen molar-refractivity contribution in [2.45, 2.75) is 45.4 Å². The summed E-state index contributed by atoms with van der Waals surface area (Å²) in [5, 5.41) is 0. The molecule has 1 aliphatic carbocycles. The molecule has 0 unspecified atom stereocenters. The number of hydrogen-bond acceptors (Lipinski definition) is 1. The number of rotatable bonds is 1. The minimum atomic E-state index is 0.0297. The first-order valence-corrected chi connectivity index (χ1v) is 5.59. The third-order valence-corrected chi connectivity index (χ3v) is 3.34. The van der Waals surface area contributed by atoms with Crippen molar-refractivity contribution < 1.29 is 4.79 Å². The lowest BCUT2D eigenvalue weighted by atomic mass is 9.86. The molecule has 0 radical (unpaired) electrons. The van der Waals surface area contributed by atoms with E-state index in [1.54, 1.807) is 0 Å². The molecule has 0 saturated heterocycles. The summed E-state index contributed by atoms with van der Waals surface area (Å²) in [5.41, 5.74) is 3.46. The molecule has 1 aromatic rings. The van der Waals surface area contributed by atoms with Crippen molar-refractivity contribution in [1.29, 1.82) is 0 Å². The molecular weight excluding hydrogens is 184 g/mol. The monoisotopic (exact) mass is 202 g/mol. The van der Waals surface area contributed by atoms with Gasteiger partial charge in [-0.2, -0.15) is 0 Å². The maximum atomic E-state index is 11.9. The van der Waals surface area contributed by atoms with Gasteiger partial charge in [-0.1, -0.05) is 39.8 Å². The Hall–Kier alpha value is -1.11. The van der Waals surface area contributed by atoms with E-state index in [1.165, 1.54) is 11.1 Å². The van der Waals surface area contributed by atoms with Crippen LogP contribution < -0.4 is 0 Å². The van der Waals surface area contributed by atoms with E-state index >= 15 is 0 Å². The van der Waals surface area contributed by atoms with Crippen molar-refractivity contribution in [2.24, 2.45) is 0 Å². The highest BCUT2D eigenvalue weighted by atomic mass is 16.1. The van der Waals surface area contributed by atoms with Gasteiger partial charge in [-0.05, 0) is 28.5 Å². The predicted octanol–water partition coefficient (Wildman–Crippen LogP) is 3.67. The fraction of sp³-hybridized carbons (Fsp3) is 0.500. The van der Waals surface area contributed by atoms with Gasteiger partial charge in [0.05, 0.1) is 0 Å². The molecule has 15 heavy (non-hydrogen) atoms. The second-order valence-corrected chi connectivity index (χ2v) is 5.44. The molecule has 0 aromatic heterocycles. The van der Waals surface area contributed by atoms with Crippen LogP contribution in [0.3, 0.4) is 0 Å². The third-order valence-electron chi connectivity index (χ3n) is 3.34.